The molecule has 53 heavy (non-hydrogen) atoms. The first-order valence-corrected chi connectivity index (χ1v) is 21.1. The van der Waals surface area contributed by atoms with E-state index in [0.29, 0.717) is 32.1 Å². The Balaban J connectivity index is 4.47. The van der Waals surface area contributed by atoms with Crippen molar-refractivity contribution in [2.75, 3.05) is 26.4 Å². The summed E-state index contributed by atoms with van der Waals surface area (Å²) < 4.78 is 32.5. The van der Waals surface area contributed by atoms with Gasteiger partial charge in [0.1, 0.15) is 6.61 Å². The monoisotopic (exact) mass is 767 g/mol. The van der Waals surface area contributed by atoms with Gasteiger partial charge in [0, 0.05) is 19.4 Å². The molecule has 0 bridgehead atoms. The van der Waals surface area contributed by atoms with E-state index in [0.717, 1.165) is 25.7 Å². The highest BCUT2D eigenvalue weighted by Crippen LogP contribution is 2.43. The second-order valence-electron chi connectivity index (χ2n) is 12.8. The zero-order valence-electron chi connectivity index (χ0n) is 32.4. The molecule has 4 atom stereocenters. The molecular formula is C41H70NO10P. The van der Waals surface area contributed by atoms with Gasteiger partial charge in [-0.15, -0.1) is 0 Å². The van der Waals surface area contributed by atoms with E-state index in [1.165, 1.54) is 44.9 Å². The van der Waals surface area contributed by atoms with Crippen molar-refractivity contribution >= 4 is 19.8 Å². The molecule has 0 heterocycles. The fourth-order valence-corrected chi connectivity index (χ4v) is 5.61. The van der Waals surface area contributed by atoms with E-state index in [1.54, 1.807) is 30.4 Å². The lowest BCUT2D eigenvalue weighted by Gasteiger charge is -2.19. The zero-order valence-corrected chi connectivity index (χ0v) is 33.3. The Morgan fingerprint density at radius 1 is 0.698 bits per heavy atom. The molecule has 0 radical (unpaired) electrons. The number of rotatable bonds is 35. The van der Waals surface area contributed by atoms with Crippen LogP contribution in [0.25, 0.3) is 0 Å². The Hall–Kier alpha value is -2.63. The topological polar surface area (TPSA) is 175 Å². The second-order valence-corrected chi connectivity index (χ2v) is 14.3. The number of aliphatic hydroxyl groups is 2. The van der Waals surface area contributed by atoms with Crippen molar-refractivity contribution in [3.05, 3.63) is 72.9 Å². The quantitative estimate of drug-likeness (QED) is 0.0160. The molecule has 0 rings (SSSR count). The van der Waals surface area contributed by atoms with Gasteiger partial charge in [0.25, 0.3) is 0 Å². The van der Waals surface area contributed by atoms with Crippen molar-refractivity contribution < 1.29 is 47.8 Å². The van der Waals surface area contributed by atoms with Crippen molar-refractivity contribution in [3.8, 4) is 0 Å². The molecule has 12 heteroatoms. The van der Waals surface area contributed by atoms with Crippen LogP contribution >= 0.6 is 7.82 Å². The number of carbonyl (C=O) groups is 2. The number of esters is 2. The van der Waals surface area contributed by atoms with Crippen LogP contribution in [0.15, 0.2) is 72.9 Å². The normalized spacial score (nSPS) is 15.4. The summed E-state index contributed by atoms with van der Waals surface area (Å²) in [4.78, 5) is 34.7. The number of phosphoric acid groups is 1. The summed E-state index contributed by atoms with van der Waals surface area (Å²) in [6, 6.07) is 0. The summed E-state index contributed by atoms with van der Waals surface area (Å²) in [5.74, 6) is -1.02. The molecule has 0 aromatic carbocycles. The van der Waals surface area contributed by atoms with E-state index in [1.807, 2.05) is 42.5 Å². The third-order valence-corrected chi connectivity index (χ3v) is 8.77. The minimum absolute atomic E-state index is 0.0215. The maximum absolute atomic E-state index is 12.5. The van der Waals surface area contributed by atoms with Crippen LogP contribution in [0.1, 0.15) is 129 Å². The minimum Gasteiger partial charge on any atom is -0.462 e. The number of aliphatic hydroxyl groups excluding tert-OH is 2. The number of phosphoric ester groups is 1. The maximum atomic E-state index is 12.5. The number of ether oxygens (including phenoxy) is 2. The third kappa shape index (κ3) is 36.1. The van der Waals surface area contributed by atoms with Gasteiger partial charge in [0.15, 0.2) is 6.10 Å². The lowest BCUT2D eigenvalue weighted by Crippen LogP contribution is -2.29. The van der Waals surface area contributed by atoms with Crippen molar-refractivity contribution in [2.24, 2.45) is 5.73 Å². The predicted molar refractivity (Wildman–Crippen MR) is 213 cm³/mol. The molecule has 0 spiro atoms. The first-order chi connectivity index (χ1) is 25.6. The molecule has 304 valence electrons. The second kappa shape index (κ2) is 36.4. The number of hydrogen-bond donors (Lipinski definition) is 4. The number of carbonyl (C=O) groups excluding carboxylic acids is 2. The Labute approximate surface area is 319 Å². The van der Waals surface area contributed by atoms with Crippen LogP contribution in [-0.2, 0) is 32.7 Å². The van der Waals surface area contributed by atoms with Gasteiger partial charge in [0.05, 0.1) is 25.4 Å². The van der Waals surface area contributed by atoms with Gasteiger partial charge in [-0.25, -0.2) is 4.57 Å². The summed E-state index contributed by atoms with van der Waals surface area (Å²) in [5.41, 5.74) is 5.32. The van der Waals surface area contributed by atoms with Gasteiger partial charge in [0.2, 0.25) is 0 Å². The molecule has 0 aliphatic heterocycles. The van der Waals surface area contributed by atoms with E-state index < -0.39 is 44.7 Å². The Morgan fingerprint density at radius 2 is 1.32 bits per heavy atom. The Morgan fingerprint density at radius 3 is 1.96 bits per heavy atom. The summed E-state index contributed by atoms with van der Waals surface area (Å²) in [6.07, 6.45) is 35.9. The Kier molecular flexibility index (Phi) is 34.5. The molecule has 0 amide bonds. The maximum Gasteiger partial charge on any atom is 0.472 e. The molecule has 11 nitrogen and oxygen atoms in total. The molecule has 0 saturated heterocycles. The van der Waals surface area contributed by atoms with Crippen LogP contribution in [0.3, 0.4) is 0 Å². The summed E-state index contributed by atoms with van der Waals surface area (Å²) in [6.45, 7) is 3.28. The summed E-state index contributed by atoms with van der Waals surface area (Å²) in [7, 11) is -4.42. The number of allylic oxidation sites excluding steroid dienone is 8. The van der Waals surface area contributed by atoms with Gasteiger partial charge >= 0.3 is 19.8 Å². The highest BCUT2D eigenvalue weighted by Gasteiger charge is 2.26. The van der Waals surface area contributed by atoms with Gasteiger partial charge < -0.3 is 30.3 Å². The van der Waals surface area contributed by atoms with Gasteiger partial charge in [-0.2, -0.15) is 0 Å². The highest BCUT2D eigenvalue weighted by atomic mass is 31.2. The van der Waals surface area contributed by atoms with Crippen LogP contribution < -0.4 is 5.73 Å². The summed E-state index contributed by atoms with van der Waals surface area (Å²) >= 11 is 0. The molecule has 1 unspecified atom stereocenters. The number of nitrogens with two attached hydrogens (primary N) is 1. The molecule has 0 aliphatic rings. The Bertz CT molecular complexity index is 1130. The van der Waals surface area contributed by atoms with E-state index in [-0.39, 0.29) is 32.6 Å². The fourth-order valence-electron chi connectivity index (χ4n) is 4.84. The number of unbranched alkanes of at least 4 members (excludes halogenated alkanes) is 11. The molecule has 0 fully saturated rings. The van der Waals surface area contributed by atoms with Crippen LogP contribution in [-0.4, -0.2) is 71.7 Å². The van der Waals surface area contributed by atoms with E-state index in [4.69, 9.17) is 24.3 Å². The first-order valence-electron chi connectivity index (χ1n) is 19.6. The van der Waals surface area contributed by atoms with Crippen molar-refractivity contribution in [3.63, 3.8) is 0 Å². The molecule has 0 aliphatic carbocycles. The third-order valence-electron chi connectivity index (χ3n) is 7.78. The minimum atomic E-state index is -4.42. The van der Waals surface area contributed by atoms with Gasteiger partial charge in [-0.1, -0.05) is 151 Å². The molecule has 5 N–H and O–H groups in total. The van der Waals surface area contributed by atoms with Crippen LogP contribution in [0.2, 0.25) is 0 Å². The fraction of sp³-hybridized carbons (Fsp3) is 0.659. The van der Waals surface area contributed by atoms with E-state index in [2.05, 4.69) is 13.8 Å². The van der Waals surface area contributed by atoms with Crippen LogP contribution in [0.4, 0.5) is 0 Å². The SMILES string of the molecule is CC/C=C\C[C@@H](O)/C=C/C=C\C/C=C\C=C\[C@@H](O)/C=C\CCCC(=O)OC[C@H](COP(=O)(O)OCCN)OC(=O)CCCCCCCCCCCCC. The summed E-state index contributed by atoms with van der Waals surface area (Å²) in [5, 5.41) is 19.9. The molecular weight excluding hydrogens is 697 g/mol. The number of hydrogen-bond acceptors (Lipinski definition) is 10. The van der Waals surface area contributed by atoms with E-state index >= 15 is 0 Å². The molecule has 0 aromatic rings. The van der Waals surface area contributed by atoms with E-state index in [9.17, 15) is 29.3 Å². The molecule has 0 aromatic heterocycles. The lowest BCUT2D eigenvalue weighted by atomic mass is 10.1. The predicted octanol–water partition coefficient (Wildman–Crippen LogP) is 8.65. The van der Waals surface area contributed by atoms with Crippen LogP contribution in [0, 0.1) is 0 Å². The average Bonchev–Trinajstić information content (AvgIpc) is 3.13. The van der Waals surface area contributed by atoms with Crippen molar-refractivity contribution in [1.82, 2.24) is 0 Å². The highest BCUT2D eigenvalue weighted by molar-refractivity contribution is 7.47. The van der Waals surface area contributed by atoms with Gasteiger partial charge in [-0.3, -0.25) is 18.6 Å². The van der Waals surface area contributed by atoms with Crippen molar-refractivity contribution in [2.45, 2.75) is 148 Å². The largest absolute Gasteiger partial charge is 0.472 e. The molecule has 0 saturated carbocycles. The smallest absolute Gasteiger partial charge is 0.462 e. The average molecular weight is 768 g/mol. The van der Waals surface area contributed by atoms with Gasteiger partial charge in [-0.05, 0) is 38.5 Å². The van der Waals surface area contributed by atoms with Crippen molar-refractivity contribution in [1.29, 1.82) is 0 Å². The zero-order chi connectivity index (χ0) is 39.3. The lowest BCUT2D eigenvalue weighted by molar-refractivity contribution is -0.161. The standard InChI is InChI=1S/C41H70NO10P/c1-3-5-7-8-9-10-11-12-16-19-25-32-41(46)52-39(36-51-53(47,48)50-34-33-42)35-49-40(45)31-26-20-24-30-38(44)29-23-18-15-13-14-17-22-28-37(43)27-21-6-4-2/h6,14-15,17-18,21-24,28-30,37-39,43-44H,3-5,7-13,16,19-20,25-27,31-36,42H2,1-2H3,(H,47,48)/b17-14-,18-15-,21-6-,28-22+,29-23+,30-24-/t37-,38-,39-/m1/s1. The van der Waals surface area contributed by atoms with Crippen LogP contribution in [0.5, 0.6) is 0 Å². The first kappa shape index (κ1) is 50.4.